The molecule has 0 saturated carbocycles. The standard InChI is InChI=1S/C25H20N2O3/c1-30-25(29)22(14-16-10-12-17(15-26)13-11-16)27-24(28)23-20-8-4-2-6-18(20)19-7-3-5-9-21(19)23/h2-13,22-23H,14H2,1H3,(H,27,28)/t22-/m1/s1. The summed E-state index contributed by atoms with van der Waals surface area (Å²) in [6.45, 7) is 0. The Morgan fingerprint density at radius 3 is 2.07 bits per heavy atom. The van der Waals surface area contributed by atoms with Gasteiger partial charge < -0.3 is 10.1 Å². The van der Waals surface area contributed by atoms with Crippen LogP contribution in [0.15, 0.2) is 72.8 Å². The van der Waals surface area contributed by atoms with Crippen molar-refractivity contribution in [2.45, 2.75) is 18.4 Å². The number of carbonyl (C=O) groups is 2. The van der Waals surface area contributed by atoms with E-state index in [4.69, 9.17) is 10.00 Å². The molecular weight excluding hydrogens is 376 g/mol. The Labute approximate surface area is 174 Å². The fourth-order valence-corrected chi connectivity index (χ4v) is 3.98. The van der Waals surface area contributed by atoms with E-state index in [1.165, 1.54) is 7.11 Å². The van der Waals surface area contributed by atoms with E-state index in [1.54, 1.807) is 24.3 Å². The van der Waals surface area contributed by atoms with Gasteiger partial charge in [-0.15, -0.1) is 0 Å². The van der Waals surface area contributed by atoms with Crippen molar-refractivity contribution in [1.82, 2.24) is 5.32 Å². The second-order valence-electron chi connectivity index (χ2n) is 7.20. The topological polar surface area (TPSA) is 79.2 Å². The van der Waals surface area contributed by atoms with Crippen molar-refractivity contribution in [2.75, 3.05) is 7.11 Å². The fraction of sp³-hybridized carbons (Fsp3) is 0.160. The van der Waals surface area contributed by atoms with Gasteiger partial charge in [0.05, 0.1) is 24.7 Å². The zero-order valence-corrected chi connectivity index (χ0v) is 16.5. The molecule has 1 amide bonds. The van der Waals surface area contributed by atoms with Gasteiger partial charge in [-0.05, 0) is 39.9 Å². The van der Waals surface area contributed by atoms with E-state index in [1.807, 2.05) is 48.5 Å². The minimum Gasteiger partial charge on any atom is -0.467 e. The average molecular weight is 396 g/mol. The molecule has 0 fully saturated rings. The van der Waals surface area contributed by atoms with Gasteiger partial charge in [0, 0.05) is 6.42 Å². The van der Waals surface area contributed by atoms with E-state index in [-0.39, 0.29) is 12.3 Å². The molecule has 0 saturated heterocycles. The summed E-state index contributed by atoms with van der Waals surface area (Å²) in [5.74, 6) is -1.23. The Hall–Kier alpha value is -3.91. The molecule has 0 spiro atoms. The first-order valence-corrected chi connectivity index (χ1v) is 9.68. The van der Waals surface area contributed by atoms with Gasteiger partial charge in [0.25, 0.3) is 0 Å². The monoisotopic (exact) mass is 396 g/mol. The van der Waals surface area contributed by atoms with Gasteiger partial charge in [-0.1, -0.05) is 60.7 Å². The Morgan fingerprint density at radius 2 is 1.53 bits per heavy atom. The van der Waals surface area contributed by atoms with Crippen LogP contribution in [0.3, 0.4) is 0 Å². The van der Waals surface area contributed by atoms with Crippen LogP contribution in [0.25, 0.3) is 11.1 Å². The smallest absolute Gasteiger partial charge is 0.328 e. The van der Waals surface area contributed by atoms with Crippen LogP contribution in [0.1, 0.15) is 28.2 Å². The number of benzene rings is 3. The number of amides is 1. The Kier molecular flexibility index (Phi) is 5.32. The molecule has 0 aromatic heterocycles. The van der Waals surface area contributed by atoms with Gasteiger partial charge in [-0.2, -0.15) is 5.26 Å². The van der Waals surface area contributed by atoms with Crippen LogP contribution in [0, 0.1) is 11.3 Å². The van der Waals surface area contributed by atoms with Crippen molar-refractivity contribution in [3.63, 3.8) is 0 Å². The van der Waals surface area contributed by atoms with Crippen molar-refractivity contribution in [3.8, 4) is 17.2 Å². The molecule has 0 unspecified atom stereocenters. The molecule has 0 radical (unpaired) electrons. The number of fused-ring (bicyclic) bond motifs is 3. The lowest BCUT2D eigenvalue weighted by Gasteiger charge is -2.20. The number of nitrogens with zero attached hydrogens (tertiary/aromatic N) is 1. The molecule has 0 aliphatic heterocycles. The van der Waals surface area contributed by atoms with Crippen molar-refractivity contribution in [1.29, 1.82) is 5.26 Å². The minimum absolute atomic E-state index is 0.239. The predicted molar refractivity (Wildman–Crippen MR) is 113 cm³/mol. The number of rotatable bonds is 5. The van der Waals surface area contributed by atoms with E-state index >= 15 is 0 Å². The molecule has 148 valence electrons. The van der Waals surface area contributed by atoms with Crippen LogP contribution in [0.4, 0.5) is 0 Å². The number of esters is 1. The summed E-state index contributed by atoms with van der Waals surface area (Å²) in [7, 11) is 1.31. The van der Waals surface area contributed by atoms with Crippen LogP contribution < -0.4 is 5.32 Å². The van der Waals surface area contributed by atoms with Crippen LogP contribution >= 0.6 is 0 Å². The summed E-state index contributed by atoms with van der Waals surface area (Å²) in [4.78, 5) is 25.7. The van der Waals surface area contributed by atoms with E-state index in [0.29, 0.717) is 5.56 Å². The molecule has 1 aliphatic carbocycles. The SMILES string of the molecule is COC(=O)[C@@H](Cc1ccc(C#N)cc1)NC(=O)C1c2ccccc2-c2ccccc21. The van der Waals surface area contributed by atoms with Gasteiger partial charge in [0.15, 0.2) is 0 Å². The van der Waals surface area contributed by atoms with Crippen molar-refractivity contribution in [3.05, 3.63) is 95.1 Å². The van der Waals surface area contributed by atoms with Crippen LogP contribution in [-0.4, -0.2) is 25.0 Å². The molecule has 3 aromatic rings. The zero-order valence-electron chi connectivity index (χ0n) is 16.5. The number of hydrogen-bond acceptors (Lipinski definition) is 4. The summed E-state index contributed by atoms with van der Waals surface area (Å²) in [6, 6.07) is 23.8. The number of carbonyl (C=O) groups excluding carboxylic acids is 2. The van der Waals surface area contributed by atoms with Gasteiger partial charge in [-0.3, -0.25) is 4.79 Å². The molecule has 4 rings (SSSR count). The maximum absolute atomic E-state index is 13.3. The summed E-state index contributed by atoms with van der Waals surface area (Å²) in [5.41, 5.74) is 5.30. The third kappa shape index (κ3) is 3.56. The molecule has 30 heavy (non-hydrogen) atoms. The lowest BCUT2D eigenvalue weighted by molar-refractivity contribution is -0.145. The Balaban J connectivity index is 1.61. The van der Waals surface area contributed by atoms with Crippen molar-refractivity contribution in [2.24, 2.45) is 0 Å². The lowest BCUT2D eigenvalue weighted by Crippen LogP contribution is -2.45. The van der Waals surface area contributed by atoms with Gasteiger partial charge >= 0.3 is 5.97 Å². The molecule has 1 aliphatic rings. The Bertz CT molecular complexity index is 1100. The summed E-state index contributed by atoms with van der Waals surface area (Å²) in [6.07, 6.45) is 0.278. The highest BCUT2D eigenvalue weighted by molar-refractivity contribution is 5.97. The first kappa shape index (κ1) is 19.4. The zero-order chi connectivity index (χ0) is 21.1. The van der Waals surface area contributed by atoms with Crippen LogP contribution in [0.5, 0.6) is 0 Å². The summed E-state index contributed by atoms with van der Waals surface area (Å²) in [5, 5.41) is 11.8. The lowest BCUT2D eigenvalue weighted by atomic mass is 9.95. The highest BCUT2D eigenvalue weighted by Crippen LogP contribution is 2.44. The molecule has 5 nitrogen and oxygen atoms in total. The molecule has 3 aromatic carbocycles. The first-order valence-electron chi connectivity index (χ1n) is 9.68. The largest absolute Gasteiger partial charge is 0.467 e. The first-order chi connectivity index (χ1) is 14.6. The average Bonchev–Trinajstić information content (AvgIpc) is 3.13. The second-order valence-corrected chi connectivity index (χ2v) is 7.20. The molecule has 0 bridgehead atoms. The van der Waals surface area contributed by atoms with Crippen LogP contribution in [0.2, 0.25) is 0 Å². The quantitative estimate of drug-likeness (QED) is 0.669. The normalized spacial score (nSPS) is 12.9. The minimum atomic E-state index is -0.824. The second kappa shape index (κ2) is 8.22. The van der Waals surface area contributed by atoms with E-state index in [2.05, 4.69) is 11.4 Å². The maximum Gasteiger partial charge on any atom is 0.328 e. The van der Waals surface area contributed by atoms with E-state index in [0.717, 1.165) is 27.8 Å². The van der Waals surface area contributed by atoms with Gasteiger partial charge in [0.1, 0.15) is 6.04 Å². The summed E-state index contributed by atoms with van der Waals surface area (Å²) >= 11 is 0. The number of nitrogens with one attached hydrogen (secondary N) is 1. The van der Waals surface area contributed by atoms with E-state index < -0.39 is 17.9 Å². The molecular formula is C25H20N2O3. The van der Waals surface area contributed by atoms with E-state index in [9.17, 15) is 9.59 Å². The van der Waals surface area contributed by atoms with Gasteiger partial charge in [-0.25, -0.2) is 4.79 Å². The number of nitriles is 1. The maximum atomic E-state index is 13.3. The third-order valence-corrected chi connectivity index (χ3v) is 5.42. The third-order valence-electron chi connectivity index (χ3n) is 5.42. The Morgan fingerprint density at radius 1 is 0.967 bits per heavy atom. The molecule has 1 atom stereocenters. The van der Waals surface area contributed by atoms with Crippen molar-refractivity contribution >= 4 is 11.9 Å². The highest BCUT2D eigenvalue weighted by atomic mass is 16.5. The van der Waals surface area contributed by atoms with Gasteiger partial charge in [0.2, 0.25) is 5.91 Å². The fourth-order valence-electron chi connectivity index (χ4n) is 3.98. The molecule has 5 heteroatoms. The molecule has 0 heterocycles. The van der Waals surface area contributed by atoms with Crippen molar-refractivity contribution < 1.29 is 14.3 Å². The summed E-state index contributed by atoms with van der Waals surface area (Å²) < 4.78 is 4.93. The number of hydrogen-bond donors (Lipinski definition) is 1. The number of ether oxygens (including phenoxy) is 1. The molecule has 1 N–H and O–H groups in total. The predicted octanol–water partition coefficient (Wildman–Crippen LogP) is 3.57. The number of methoxy groups -OCH3 is 1. The van der Waals surface area contributed by atoms with Crippen LogP contribution in [-0.2, 0) is 20.7 Å². The highest BCUT2D eigenvalue weighted by Gasteiger charge is 2.35.